The average Bonchev–Trinajstić information content (AvgIpc) is 3.21. The first-order valence-electron chi connectivity index (χ1n) is 8.80. The zero-order valence-electron chi connectivity index (χ0n) is 15.5. The highest BCUT2D eigenvalue weighted by atomic mass is 32.2. The van der Waals surface area contributed by atoms with Crippen LogP contribution in [0.2, 0.25) is 0 Å². The Labute approximate surface area is 175 Å². The zero-order chi connectivity index (χ0) is 20.2. The van der Waals surface area contributed by atoms with Crippen LogP contribution in [-0.2, 0) is 11.8 Å². The molecule has 4 rings (SSSR count). The molecule has 0 aliphatic rings. The highest BCUT2D eigenvalue weighted by molar-refractivity contribution is 7.99. The highest BCUT2D eigenvalue weighted by Gasteiger charge is 2.13. The molecular formula is C21H17N3O3S2. The molecule has 0 atom stereocenters. The van der Waals surface area contributed by atoms with Crippen molar-refractivity contribution in [2.24, 2.45) is 7.05 Å². The summed E-state index contributed by atoms with van der Waals surface area (Å²) < 4.78 is 7.34. The Balaban J connectivity index is 1.46. The molecule has 8 heteroatoms. The minimum absolute atomic E-state index is 0.110. The van der Waals surface area contributed by atoms with E-state index in [0.717, 1.165) is 0 Å². The van der Waals surface area contributed by atoms with Gasteiger partial charge in [0.2, 0.25) is 5.91 Å². The summed E-state index contributed by atoms with van der Waals surface area (Å²) in [5, 5.41) is 5.81. The topological polar surface area (TPSA) is 73.2 Å². The molecular weight excluding hydrogens is 406 g/mol. The number of para-hydroxylation sites is 3. The van der Waals surface area contributed by atoms with Gasteiger partial charge in [0.15, 0.2) is 10.9 Å². The van der Waals surface area contributed by atoms with E-state index in [1.54, 1.807) is 25.2 Å². The van der Waals surface area contributed by atoms with E-state index in [-0.39, 0.29) is 17.2 Å². The molecule has 0 unspecified atom stereocenters. The van der Waals surface area contributed by atoms with Gasteiger partial charge in [-0.05, 0) is 35.7 Å². The average molecular weight is 424 g/mol. The number of fused-ring (bicyclic) bond motifs is 1. The van der Waals surface area contributed by atoms with Crippen LogP contribution in [0.4, 0.5) is 5.69 Å². The number of carbonyl (C=O) groups excluding carboxylic acids is 1. The van der Waals surface area contributed by atoms with E-state index in [0.29, 0.717) is 32.6 Å². The maximum absolute atomic E-state index is 12.5. The Bertz CT molecular complexity index is 1220. The number of carbonyl (C=O) groups is 1. The Kier molecular flexibility index (Phi) is 5.64. The molecule has 0 spiro atoms. The van der Waals surface area contributed by atoms with Gasteiger partial charge in [-0.15, -0.1) is 11.3 Å². The molecule has 1 amide bonds. The molecule has 2 heterocycles. The van der Waals surface area contributed by atoms with E-state index < -0.39 is 0 Å². The summed E-state index contributed by atoms with van der Waals surface area (Å²) in [5.41, 5.74) is 0.471. The van der Waals surface area contributed by atoms with E-state index in [2.05, 4.69) is 10.3 Å². The maximum Gasteiger partial charge on any atom is 0.262 e. The Morgan fingerprint density at radius 1 is 1.14 bits per heavy atom. The van der Waals surface area contributed by atoms with Crippen LogP contribution in [-0.4, -0.2) is 21.2 Å². The molecule has 0 saturated heterocycles. The van der Waals surface area contributed by atoms with Crippen LogP contribution in [0.15, 0.2) is 76.0 Å². The van der Waals surface area contributed by atoms with Gasteiger partial charge in [-0.2, -0.15) is 0 Å². The van der Waals surface area contributed by atoms with E-state index in [1.807, 2.05) is 47.8 Å². The smallest absolute Gasteiger partial charge is 0.262 e. The summed E-state index contributed by atoms with van der Waals surface area (Å²) in [7, 11) is 1.66. The molecule has 0 saturated carbocycles. The summed E-state index contributed by atoms with van der Waals surface area (Å²) >= 11 is 2.63. The SMILES string of the molecule is Cn1c(SCC(=O)Nc2ccccc2Oc2ccccc2)nc2sccc2c1=O. The zero-order valence-corrected chi connectivity index (χ0v) is 17.1. The predicted octanol–water partition coefficient (Wildman–Crippen LogP) is 4.52. The molecule has 0 fully saturated rings. The molecule has 0 aliphatic heterocycles. The van der Waals surface area contributed by atoms with Crippen LogP contribution in [0.5, 0.6) is 11.5 Å². The van der Waals surface area contributed by atoms with Crippen LogP contribution in [0.3, 0.4) is 0 Å². The van der Waals surface area contributed by atoms with Crippen molar-refractivity contribution in [1.82, 2.24) is 9.55 Å². The van der Waals surface area contributed by atoms with E-state index in [4.69, 9.17) is 4.74 Å². The fraction of sp³-hybridized carbons (Fsp3) is 0.0952. The van der Waals surface area contributed by atoms with Crippen LogP contribution in [0.25, 0.3) is 10.2 Å². The molecule has 0 radical (unpaired) electrons. The summed E-state index contributed by atoms with van der Waals surface area (Å²) in [6.07, 6.45) is 0. The minimum Gasteiger partial charge on any atom is -0.455 e. The normalized spacial score (nSPS) is 10.8. The number of hydrogen-bond acceptors (Lipinski definition) is 6. The molecule has 0 bridgehead atoms. The largest absolute Gasteiger partial charge is 0.455 e. The number of ether oxygens (including phenoxy) is 1. The van der Waals surface area contributed by atoms with Crippen molar-refractivity contribution in [2.45, 2.75) is 5.16 Å². The van der Waals surface area contributed by atoms with Gasteiger partial charge in [0.1, 0.15) is 10.6 Å². The van der Waals surface area contributed by atoms with Gasteiger partial charge >= 0.3 is 0 Å². The summed E-state index contributed by atoms with van der Waals surface area (Å²) in [6.45, 7) is 0. The lowest BCUT2D eigenvalue weighted by Crippen LogP contribution is -2.21. The van der Waals surface area contributed by atoms with Gasteiger partial charge in [-0.1, -0.05) is 42.1 Å². The summed E-state index contributed by atoms with van der Waals surface area (Å²) in [5.74, 6) is 1.16. The van der Waals surface area contributed by atoms with Crippen LogP contribution in [0, 0.1) is 0 Å². The van der Waals surface area contributed by atoms with Gasteiger partial charge in [0.05, 0.1) is 16.8 Å². The van der Waals surface area contributed by atoms with E-state index in [9.17, 15) is 9.59 Å². The predicted molar refractivity (Wildman–Crippen MR) is 117 cm³/mol. The Morgan fingerprint density at radius 3 is 2.72 bits per heavy atom. The molecule has 29 heavy (non-hydrogen) atoms. The standard InChI is InChI=1S/C21H17N3O3S2/c1-24-20(26)15-11-12-28-19(15)23-21(24)29-13-18(25)22-16-9-5-6-10-17(16)27-14-7-3-2-4-8-14/h2-12H,13H2,1H3,(H,22,25). The number of hydrogen-bond donors (Lipinski definition) is 1. The van der Waals surface area contributed by atoms with E-state index >= 15 is 0 Å². The number of thiophene rings is 1. The lowest BCUT2D eigenvalue weighted by Gasteiger charge is -2.12. The van der Waals surface area contributed by atoms with Crippen LogP contribution in [0.1, 0.15) is 0 Å². The lowest BCUT2D eigenvalue weighted by molar-refractivity contribution is -0.113. The third-order valence-electron chi connectivity index (χ3n) is 4.13. The molecule has 146 valence electrons. The summed E-state index contributed by atoms with van der Waals surface area (Å²) in [4.78, 5) is 30.0. The fourth-order valence-electron chi connectivity index (χ4n) is 2.70. The van der Waals surface area contributed by atoms with Crippen LogP contribution >= 0.6 is 23.1 Å². The minimum atomic E-state index is -0.209. The second-order valence-corrected chi connectivity index (χ2v) is 7.98. The highest BCUT2D eigenvalue weighted by Crippen LogP contribution is 2.29. The number of aromatic nitrogens is 2. The van der Waals surface area contributed by atoms with Crippen molar-refractivity contribution >= 4 is 44.9 Å². The molecule has 0 aliphatic carbocycles. The van der Waals surface area contributed by atoms with Crippen molar-refractivity contribution in [2.75, 3.05) is 11.1 Å². The first-order chi connectivity index (χ1) is 14.1. The van der Waals surface area contributed by atoms with Gasteiger partial charge in [0.25, 0.3) is 5.56 Å². The molecule has 6 nitrogen and oxygen atoms in total. The molecule has 1 N–H and O–H groups in total. The third kappa shape index (κ3) is 4.33. The van der Waals surface area contributed by atoms with E-state index in [1.165, 1.54) is 27.7 Å². The molecule has 4 aromatic rings. The number of thioether (sulfide) groups is 1. The van der Waals surface area contributed by atoms with Crippen molar-refractivity contribution in [1.29, 1.82) is 0 Å². The molecule has 2 aromatic carbocycles. The number of nitrogens with one attached hydrogen (secondary N) is 1. The fourth-order valence-corrected chi connectivity index (χ4v) is 4.28. The van der Waals surface area contributed by atoms with Gasteiger partial charge in [-0.3, -0.25) is 14.2 Å². The van der Waals surface area contributed by atoms with Crippen molar-refractivity contribution in [3.63, 3.8) is 0 Å². The number of rotatable bonds is 6. The first-order valence-corrected chi connectivity index (χ1v) is 10.7. The number of nitrogens with zero attached hydrogens (tertiary/aromatic N) is 2. The monoisotopic (exact) mass is 423 g/mol. The van der Waals surface area contributed by atoms with Gasteiger partial charge in [-0.25, -0.2) is 4.98 Å². The second-order valence-electron chi connectivity index (χ2n) is 6.15. The third-order valence-corrected chi connectivity index (χ3v) is 5.96. The van der Waals surface area contributed by atoms with Crippen molar-refractivity contribution in [3.05, 3.63) is 76.4 Å². The Morgan fingerprint density at radius 2 is 1.90 bits per heavy atom. The van der Waals surface area contributed by atoms with Crippen molar-refractivity contribution in [3.8, 4) is 11.5 Å². The maximum atomic E-state index is 12.5. The van der Waals surface area contributed by atoms with Crippen LogP contribution < -0.4 is 15.6 Å². The lowest BCUT2D eigenvalue weighted by atomic mass is 10.3. The summed E-state index contributed by atoms with van der Waals surface area (Å²) in [6, 6.07) is 18.4. The quantitative estimate of drug-likeness (QED) is 0.365. The number of amides is 1. The second kappa shape index (κ2) is 8.50. The number of benzene rings is 2. The number of anilines is 1. The van der Waals surface area contributed by atoms with Crippen molar-refractivity contribution < 1.29 is 9.53 Å². The van der Waals surface area contributed by atoms with Gasteiger partial charge < -0.3 is 10.1 Å². The first kappa shape index (κ1) is 19.2. The molecule has 2 aromatic heterocycles. The Hall–Kier alpha value is -3.10. The van der Waals surface area contributed by atoms with Gasteiger partial charge in [0, 0.05) is 7.05 Å².